The van der Waals surface area contributed by atoms with Crippen molar-refractivity contribution in [3.05, 3.63) is 45.4 Å². The monoisotopic (exact) mass is 280 g/mol. The van der Waals surface area contributed by atoms with Crippen LogP contribution < -0.4 is 5.32 Å². The molecule has 0 fully saturated rings. The Morgan fingerprint density at radius 3 is 2.61 bits per heavy atom. The normalized spacial score (nSPS) is 11.6. The van der Waals surface area contributed by atoms with Crippen molar-refractivity contribution in [3.8, 4) is 0 Å². The predicted molar refractivity (Wildman–Crippen MR) is 79.6 cm³/mol. The van der Waals surface area contributed by atoms with Gasteiger partial charge in [-0.15, -0.1) is 11.3 Å². The molecule has 0 spiro atoms. The molecule has 1 heterocycles. The highest BCUT2D eigenvalue weighted by atomic mass is 35.5. The fraction of sp³-hybridized carbons (Fsp3) is 0.357. The topological polar surface area (TPSA) is 24.9 Å². The van der Waals surface area contributed by atoms with Crippen LogP contribution in [0.2, 0.25) is 4.47 Å². The summed E-state index contributed by atoms with van der Waals surface area (Å²) in [7, 11) is 0. The van der Waals surface area contributed by atoms with E-state index < -0.39 is 0 Å². The number of aromatic nitrogens is 1. The summed E-state index contributed by atoms with van der Waals surface area (Å²) in [5.41, 5.74) is 2.63. The number of rotatable bonds is 3. The lowest BCUT2D eigenvalue weighted by Gasteiger charge is -2.23. The van der Waals surface area contributed by atoms with Crippen molar-refractivity contribution in [2.75, 3.05) is 5.32 Å². The van der Waals surface area contributed by atoms with Crippen molar-refractivity contribution < 1.29 is 0 Å². The molecule has 0 atom stereocenters. The summed E-state index contributed by atoms with van der Waals surface area (Å²) in [6, 6.07) is 8.41. The highest BCUT2D eigenvalue weighted by Gasteiger charge is 2.17. The van der Waals surface area contributed by atoms with E-state index in [9.17, 15) is 0 Å². The number of para-hydroxylation sites is 1. The Morgan fingerprint density at radius 1 is 1.28 bits per heavy atom. The van der Waals surface area contributed by atoms with Crippen LogP contribution in [0.25, 0.3) is 0 Å². The van der Waals surface area contributed by atoms with E-state index in [1.54, 1.807) is 0 Å². The van der Waals surface area contributed by atoms with E-state index in [0.717, 1.165) is 11.4 Å². The fourth-order valence-electron chi connectivity index (χ4n) is 1.84. The van der Waals surface area contributed by atoms with Gasteiger partial charge < -0.3 is 5.32 Å². The molecule has 96 valence electrons. The van der Waals surface area contributed by atoms with Crippen molar-refractivity contribution in [1.29, 1.82) is 0 Å². The molecule has 1 N–H and O–H groups in total. The zero-order chi connectivity index (χ0) is 13.2. The Balaban J connectivity index is 2.14. The predicted octanol–water partition coefficient (Wildman–Crippen LogP) is 4.71. The van der Waals surface area contributed by atoms with Gasteiger partial charge in [0, 0.05) is 16.8 Å². The first kappa shape index (κ1) is 13.4. The summed E-state index contributed by atoms with van der Waals surface area (Å²) in [5.74, 6) is 0. The average Bonchev–Trinajstić information content (AvgIpc) is 2.72. The summed E-state index contributed by atoms with van der Waals surface area (Å²) < 4.78 is 0.593. The van der Waals surface area contributed by atoms with E-state index in [1.165, 1.54) is 22.6 Å². The minimum Gasteiger partial charge on any atom is -0.380 e. The highest BCUT2D eigenvalue weighted by Crippen LogP contribution is 2.30. The molecule has 0 aliphatic rings. The fourth-order valence-corrected chi connectivity index (χ4v) is 2.76. The van der Waals surface area contributed by atoms with E-state index in [0.29, 0.717) is 4.47 Å². The van der Waals surface area contributed by atoms with E-state index in [2.05, 4.69) is 55.3 Å². The number of thiazole rings is 1. The minimum atomic E-state index is 0.134. The molecule has 2 rings (SSSR count). The zero-order valence-electron chi connectivity index (χ0n) is 10.8. The van der Waals surface area contributed by atoms with Gasteiger partial charge in [-0.2, -0.15) is 0 Å². The lowest BCUT2D eigenvalue weighted by Crippen LogP contribution is -2.14. The smallest absolute Gasteiger partial charge is 0.183 e. The average molecular weight is 281 g/mol. The van der Waals surface area contributed by atoms with Gasteiger partial charge in [0.1, 0.15) is 0 Å². The number of hydrogen-bond donors (Lipinski definition) is 1. The number of nitrogens with zero attached hydrogens (tertiary/aromatic N) is 1. The summed E-state index contributed by atoms with van der Waals surface area (Å²) >= 11 is 7.34. The summed E-state index contributed by atoms with van der Waals surface area (Å²) in [5, 5.41) is 3.46. The third-order valence-corrected chi connectivity index (χ3v) is 3.83. The summed E-state index contributed by atoms with van der Waals surface area (Å²) in [6.07, 6.45) is 1.82. The number of hydrogen-bond acceptors (Lipinski definition) is 3. The Labute approximate surface area is 117 Å². The van der Waals surface area contributed by atoms with Gasteiger partial charge in [0.15, 0.2) is 4.47 Å². The molecule has 0 aliphatic carbocycles. The number of anilines is 1. The second-order valence-electron chi connectivity index (χ2n) is 5.23. The lowest BCUT2D eigenvalue weighted by molar-refractivity contribution is 0.591. The first-order valence-corrected chi connectivity index (χ1v) is 7.10. The molecular formula is C14H17ClN2S. The van der Waals surface area contributed by atoms with Gasteiger partial charge in [0.2, 0.25) is 0 Å². The Hall–Kier alpha value is -1.06. The van der Waals surface area contributed by atoms with E-state index >= 15 is 0 Å². The van der Waals surface area contributed by atoms with Gasteiger partial charge in [-0.05, 0) is 17.0 Å². The van der Waals surface area contributed by atoms with Crippen molar-refractivity contribution in [2.45, 2.75) is 32.7 Å². The molecule has 0 aliphatic heterocycles. The van der Waals surface area contributed by atoms with Crippen LogP contribution in [0.15, 0.2) is 30.5 Å². The lowest BCUT2D eigenvalue weighted by atomic mass is 9.86. The van der Waals surface area contributed by atoms with Gasteiger partial charge in [-0.3, -0.25) is 0 Å². The maximum atomic E-state index is 5.83. The molecule has 0 saturated heterocycles. The van der Waals surface area contributed by atoms with Crippen LogP contribution in [0, 0.1) is 0 Å². The van der Waals surface area contributed by atoms with Gasteiger partial charge >= 0.3 is 0 Å². The maximum Gasteiger partial charge on any atom is 0.183 e. The third-order valence-electron chi connectivity index (χ3n) is 2.71. The molecule has 1 aromatic carbocycles. The Kier molecular flexibility index (Phi) is 3.93. The van der Waals surface area contributed by atoms with E-state index in [1.807, 2.05) is 6.20 Å². The number of halogens is 1. The van der Waals surface area contributed by atoms with Gasteiger partial charge in [0.25, 0.3) is 0 Å². The molecule has 0 saturated carbocycles. The highest BCUT2D eigenvalue weighted by molar-refractivity contribution is 7.15. The number of nitrogens with one attached hydrogen (secondary N) is 1. The molecule has 0 bridgehead atoms. The van der Waals surface area contributed by atoms with Crippen LogP contribution >= 0.6 is 22.9 Å². The summed E-state index contributed by atoms with van der Waals surface area (Å²) in [4.78, 5) is 5.19. The Morgan fingerprint density at radius 2 is 2.00 bits per heavy atom. The number of benzene rings is 1. The molecule has 1 aromatic heterocycles. The quantitative estimate of drug-likeness (QED) is 0.881. The molecular weight excluding hydrogens is 264 g/mol. The van der Waals surface area contributed by atoms with Crippen LogP contribution in [-0.4, -0.2) is 4.98 Å². The SMILES string of the molecule is CC(C)(C)c1ccccc1NCc1cnc(Cl)s1. The molecule has 2 aromatic rings. The minimum absolute atomic E-state index is 0.134. The zero-order valence-corrected chi connectivity index (χ0v) is 12.4. The molecule has 18 heavy (non-hydrogen) atoms. The van der Waals surface area contributed by atoms with Gasteiger partial charge in [-0.1, -0.05) is 50.6 Å². The molecule has 4 heteroatoms. The maximum absolute atomic E-state index is 5.83. The first-order chi connectivity index (χ1) is 8.47. The summed E-state index contributed by atoms with van der Waals surface area (Å²) in [6.45, 7) is 7.42. The van der Waals surface area contributed by atoms with Crippen molar-refractivity contribution in [3.63, 3.8) is 0 Å². The molecule has 0 radical (unpaired) electrons. The van der Waals surface area contributed by atoms with E-state index in [-0.39, 0.29) is 5.41 Å². The van der Waals surface area contributed by atoms with Gasteiger partial charge in [-0.25, -0.2) is 4.98 Å². The van der Waals surface area contributed by atoms with Crippen LogP contribution in [-0.2, 0) is 12.0 Å². The second-order valence-corrected chi connectivity index (χ2v) is 6.93. The third kappa shape index (κ3) is 3.24. The van der Waals surface area contributed by atoms with Crippen LogP contribution in [0.4, 0.5) is 5.69 Å². The van der Waals surface area contributed by atoms with Crippen LogP contribution in [0.1, 0.15) is 31.2 Å². The van der Waals surface area contributed by atoms with Crippen molar-refractivity contribution in [1.82, 2.24) is 4.98 Å². The van der Waals surface area contributed by atoms with Crippen LogP contribution in [0.3, 0.4) is 0 Å². The Bertz CT molecular complexity index is 529. The second kappa shape index (κ2) is 5.29. The van der Waals surface area contributed by atoms with E-state index in [4.69, 9.17) is 11.6 Å². The standard InChI is InChI=1S/C14H17ClN2S/c1-14(2,3)11-6-4-5-7-12(11)16-8-10-9-17-13(15)18-10/h4-7,9,16H,8H2,1-3H3. The molecule has 0 amide bonds. The first-order valence-electron chi connectivity index (χ1n) is 5.90. The molecule has 2 nitrogen and oxygen atoms in total. The van der Waals surface area contributed by atoms with Crippen molar-refractivity contribution in [2.24, 2.45) is 0 Å². The largest absolute Gasteiger partial charge is 0.380 e. The van der Waals surface area contributed by atoms with Crippen molar-refractivity contribution >= 4 is 28.6 Å². The molecule has 0 unspecified atom stereocenters. The van der Waals surface area contributed by atoms with Crippen LogP contribution in [0.5, 0.6) is 0 Å². The van der Waals surface area contributed by atoms with Gasteiger partial charge in [0.05, 0.1) is 6.54 Å².